The van der Waals surface area contributed by atoms with Crippen LogP contribution in [0.1, 0.15) is 5.69 Å². The van der Waals surface area contributed by atoms with Crippen LogP contribution in [0.25, 0.3) is 5.52 Å². The second-order valence-corrected chi connectivity index (χ2v) is 6.16. The predicted molar refractivity (Wildman–Crippen MR) is 95.1 cm³/mol. The fourth-order valence-electron chi connectivity index (χ4n) is 3.30. The van der Waals surface area contributed by atoms with Gasteiger partial charge in [-0.3, -0.25) is 0 Å². The van der Waals surface area contributed by atoms with Gasteiger partial charge < -0.3 is 14.5 Å². The molecule has 0 unspecified atom stereocenters. The fraction of sp³-hybridized carbons (Fsp3) is 0.333. The lowest BCUT2D eigenvalue weighted by atomic mass is 10.2. The van der Waals surface area contributed by atoms with Crippen molar-refractivity contribution in [1.82, 2.24) is 14.6 Å². The zero-order chi connectivity index (χ0) is 17.4. The number of anilines is 2. The maximum absolute atomic E-state index is 13.9. The average molecular weight is 341 g/mol. The minimum Gasteiger partial charge on any atom is -0.494 e. The Morgan fingerprint density at radius 3 is 2.56 bits per heavy atom. The zero-order valence-electron chi connectivity index (χ0n) is 14.3. The van der Waals surface area contributed by atoms with Crippen LogP contribution < -0.4 is 14.5 Å². The smallest absolute Gasteiger partial charge is 0.167 e. The number of hydrogen-bond acceptors (Lipinski definition) is 5. The molecular weight excluding hydrogens is 321 g/mol. The van der Waals surface area contributed by atoms with Crippen molar-refractivity contribution in [2.75, 3.05) is 43.1 Å². The van der Waals surface area contributed by atoms with Crippen LogP contribution in [0.5, 0.6) is 5.75 Å². The molecule has 6 nitrogen and oxygen atoms in total. The van der Waals surface area contributed by atoms with Gasteiger partial charge in [0.1, 0.15) is 5.52 Å². The van der Waals surface area contributed by atoms with Gasteiger partial charge in [0.25, 0.3) is 0 Å². The lowest BCUT2D eigenvalue weighted by Gasteiger charge is -2.36. The van der Waals surface area contributed by atoms with E-state index < -0.39 is 0 Å². The van der Waals surface area contributed by atoms with Gasteiger partial charge in [-0.05, 0) is 25.1 Å². The molecule has 0 saturated carbocycles. The molecule has 25 heavy (non-hydrogen) atoms. The van der Waals surface area contributed by atoms with Crippen molar-refractivity contribution in [1.29, 1.82) is 0 Å². The van der Waals surface area contributed by atoms with Crippen LogP contribution in [0, 0.1) is 12.7 Å². The molecule has 7 heteroatoms. The number of benzene rings is 1. The number of ether oxygens (including phenoxy) is 1. The molecule has 1 aliphatic heterocycles. The minimum atomic E-state index is -0.330. The summed E-state index contributed by atoms with van der Waals surface area (Å²) < 4.78 is 20.8. The van der Waals surface area contributed by atoms with E-state index in [2.05, 4.69) is 19.9 Å². The highest BCUT2D eigenvalue weighted by Crippen LogP contribution is 2.26. The number of nitrogens with zero attached hydrogens (tertiary/aromatic N) is 5. The number of piperazine rings is 1. The van der Waals surface area contributed by atoms with E-state index in [1.54, 1.807) is 12.3 Å². The lowest BCUT2D eigenvalue weighted by molar-refractivity contribution is 0.386. The van der Waals surface area contributed by atoms with Gasteiger partial charge in [-0.2, -0.15) is 5.10 Å². The molecule has 2 aromatic heterocycles. The van der Waals surface area contributed by atoms with Crippen molar-refractivity contribution in [3.63, 3.8) is 0 Å². The maximum Gasteiger partial charge on any atom is 0.167 e. The molecule has 0 amide bonds. The van der Waals surface area contributed by atoms with Gasteiger partial charge in [0.15, 0.2) is 17.4 Å². The summed E-state index contributed by atoms with van der Waals surface area (Å²) in [5.74, 6) is 0.890. The molecule has 0 spiro atoms. The highest BCUT2D eigenvalue weighted by Gasteiger charge is 2.21. The quantitative estimate of drug-likeness (QED) is 0.732. The topological polar surface area (TPSA) is 45.9 Å². The summed E-state index contributed by atoms with van der Waals surface area (Å²) in [7, 11) is 1.47. The van der Waals surface area contributed by atoms with E-state index in [4.69, 9.17) is 4.74 Å². The minimum absolute atomic E-state index is 0.273. The molecule has 0 N–H and O–H groups in total. The Hall–Kier alpha value is -2.83. The van der Waals surface area contributed by atoms with E-state index in [1.807, 2.05) is 29.8 Å². The summed E-state index contributed by atoms with van der Waals surface area (Å²) in [5, 5.41) is 4.44. The first-order valence-electron chi connectivity index (χ1n) is 8.30. The fourth-order valence-corrected chi connectivity index (χ4v) is 3.30. The van der Waals surface area contributed by atoms with Crippen molar-refractivity contribution in [3.05, 3.63) is 48.2 Å². The monoisotopic (exact) mass is 341 g/mol. The van der Waals surface area contributed by atoms with Gasteiger partial charge in [0.2, 0.25) is 0 Å². The Bertz CT molecular complexity index is 902. The maximum atomic E-state index is 13.9. The van der Waals surface area contributed by atoms with E-state index in [-0.39, 0.29) is 11.6 Å². The second-order valence-electron chi connectivity index (χ2n) is 6.16. The SMILES string of the molecule is COc1ccc(N2CCN(c3nccn4nc(C)cc34)CC2)cc1F. The Morgan fingerprint density at radius 2 is 1.84 bits per heavy atom. The summed E-state index contributed by atoms with van der Waals surface area (Å²) in [6.45, 7) is 5.24. The van der Waals surface area contributed by atoms with Crippen LogP contribution in [0.15, 0.2) is 36.7 Å². The number of halogens is 1. The summed E-state index contributed by atoms with van der Waals surface area (Å²) >= 11 is 0. The summed E-state index contributed by atoms with van der Waals surface area (Å²) in [5.41, 5.74) is 2.87. The van der Waals surface area contributed by atoms with Crippen molar-refractivity contribution in [2.45, 2.75) is 6.92 Å². The predicted octanol–water partition coefficient (Wildman–Crippen LogP) is 2.51. The van der Waals surface area contributed by atoms with Crippen LogP contribution in [-0.4, -0.2) is 47.9 Å². The Kier molecular flexibility index (Phi) is 3.91. The highest BCUT2D eigenvalue weighted by atomic mass is 19.1. The summed E-state index contributed by atoms with van der Waals surface area (Å²) in [4.78, 5) is 8.99. The molecule has 130 valence electrons. The normalized spacial score (nSPS) is 15.0. The van der Waals surface area contributed by atoms with Crippen LogP contribution in [0.3, 0.4) is 0 Å². The lowest BCUT2D eigenvalue weighted by Crippen LogP contribution is -2.47. The van der Waals surface area contributed by atoms with Gasteiger partial charge in [-0.25, -0.2) is 13.9 Å². The highest BCUT2D eigenvalue weighted by molar-refractivity contribution is 5.69. The van der Waals surface area contributed by atoms with E-state index in [9.17, 15) is 4.39 Å². The van der Waals surface area contributed by atoms with E-state index >= 15 is 0 Å². The number of hydrogen-bond donors (Lipinski definition) is 0. The molecule has 0 atom stereocenters. The largest absolute Gasteiger partial charge is 0.494 e. The number of aryl methyl sites for hydroxylation is 1. The first-order chi connectivity index (χ1) is 12.2. The molecule has 0 aliphatic carbocycles. The van der Waals surface area contributed by atoms with Crippen molar-refractivity contribution in [2.24, 2.45) is 0 Å². The number of methoxy groups -OCH3 is 1. The molecule has 1 aliphatic rings. The molecule has 1 aromatic carbocycles. The van der Waals surface area contributed by atoms with Gasteiger partial charge in [-0.15, -0.1) is 0 Å². The standard InChI is InChI=1S/C18H20FN5O/c1-13-11-16-18(20-5-6-24(16)21-13)23-9-7-22(8-10-23)14-3-4-17(25-2)15(19)12-14/h3-6,11-12H,7-10H2,1-2H3. The van der Waals surface area contributed by atoms with E-state index in [1.165, 1.54) is 13.2 Å². The van der Waals surface area contributed by atoms with Crippen LogP contribution in [-0.2, 0) is 0 Å². The van der Waals surface area contributed by atoms with Crippen molar-refractivity contribution >= 4 is 17.0 Å². The van der Waals surface area contributed by atoms with E-state index in [0.717, 1.165) is 48.9 Å². The first-order valence-corrected chi connectivity index (χ1v) is 8.30. The van der Waals surface area contributed by atoms with Crippen molar-refractivity contribution in [3.8, 4) is 5.75 Å². The summed E-state index contributed by atoms with van der Waals surface area (Å²) in [6.07, 6.45) is 3.64. The second kappa shape index (κ2) is 6.23. The van der Waals surface area contributed by atoms with Crippen molar-refractivity contribution < 1.29 is 9.13 Å². The van der Waals surface area contributed by atoms with Crippen LogP contribution >= 0.6 is 0 Å². The molecule has 1 saturated heterocycles. The third-order valence-corrected chi connectivity index (χ3v) is 4.57. The van der Waals surface area contributed by atoms with E-state index in [0.29, 0.717) is 0 Å². The van der Waals surface area contributed by atoms with Gasteiger partial charge in [-0.1, -0.05) is 0 Å². The Balaban J connectivity index is 1.52. The molecular formula is C18H20FN5O. The van der Waals surface area contributed by atoms with Gasteiger partial charge in [0.05, 0.1) is 12.8 Å². The molecule has 1 fully saturated rings. The first kappa shape index (κ1) is 15.7. The van der Waals surface area contributed by atoms with Crippen LogP contribution in [0.4, 0.5) is 15.9 Å². The average Bonchev–Trinajstić information content (AvgIpc) is 3.02. The molecule has 3 heterocycles. The zero-order valence-corrected chi connectivity index (χ0v) is 14.3. The Morgan fingerprint density at radius 1 is 1.08 bits per heavy atom. The van der Waals surface area contributed by atoms with Crippen LogP contribution in [0.2, 0.25) is 0 Å². The molecule has 3 aromatic rings. The third-order valence-electron chi connectivity index (χ3n) is 4.57. The molecule has 0 radical (unpaired) electrons. The number of fused-ring (bicyclic) bond motifs is 1. The molecule has 4 rings (SSSR count). The summed E-state index contributed by atoms with van der Waals surface area (Å²) in [6, 6.07) is 7.16. The number of aromatic nitrogens is 3. The molecule has 0 bridgehead atoms. The third kappa shape index (κ3) is 2.86. The van der Waals surface area contributed by atoms with Gasteiger partial charge in [0, 0.05) is 50.3 Å². The number of rotatable bonds is 3. The Labute approximate surface area is 145 Å². The van der Waals surface area contributed by atoms with Gasteiger partial charge >= 0.3 is 0 Å².